The van der Waals surface area contributed by atoms with Crippen LogP contribution in [-0.4, -0.2) is 82.2 Å². The number of carbonyl (C=O) groups is 2. The molecule has 1 aliphatic rings. The summed E-state index contributed by atoms with van der Waals surface area (Å²) in [4.78, 5) is 37.5. The number of hydrogen-bond acceptors (Lipinski definition) is 9. The Bertz CT molecular complexity index is 1310. The highest BCUT2D eigenvalue weighted by molar-refractivity contribution is 7.45. The minimum atomic E-state index is -4.66. The van der Waals surface area contributed by atoms with E-state index in [2.05, 4.69) is 98.9 Å². The van der Waals surface area contributed by atoms with Gasteiger partial charge in [-0.2, -0.15) is 0 Å². The molecule has 11 heteroatoms. The summed E-state index contributed by atoms with van der Waals surface area (Å²) in [5, 5.41) is 0. The predicted octanol–water partition coefficient (Wildman–Crippen LogP) is 10.4. The molecule has 57 heavy (non-hydrogen) atoms. The predicted molar refractivity (Wildman–Crippen MR) is 230 cm³/mol. The third-order valence-electron chi connectivity index (χ3n) is 8.80. The van der Waals surface area contributed by atoms with Crippen LogP contribution in [0.3, 0.4) is 0 Å². The number of unbranched alkanes of at least 4 members (excludes halogenated alkanes) is 6. The van der Waals surface area contributed by atoms with Gasteiger partial charge in [0.15, 0.2) is 6.10 Å². The molecule has 3 unspecified atom stereocenters. The summed E-state index contributed by atoms with van der Waals surface area (Å²) in [6.45, 7) is 3.92. The normalized spacial score (nSPS) is 18.0. The Morgan fingerprint density at radius 2 is 1.16 bits per heavy atom. The second kappa shape index (κ2) is 34.1. The van der Waals surface area contributed by atoms with Gasteiger partial charge < -0.3 is 32.6 Å². The van der Waals surface area contributed by atoms with Gasteiger partial charge in [-0.25, -0.2) is 0 Å². The topological polar surface area (TPSA) is 124 Å². The second-order valence-corrected chi connectivity index (χ2v) is 16.8. The molecule has 0 radical (unpaired) electrons. The molecule has 1 aliphatic heterocycles. The number of phosphoric ester groups is 1. The molecule has 324 valence electrons. The van der Waals surface area contributed by atoms with Gasteiger partial charge >= 0.3 is 11.9 Å². The number of epoxide rings is 1. The van der Waals surface area contributed by atoms with Gasteiger partial charge in [-0.15, -0.1) is 0 Å². The number of likely N-dealkylation sites (N-methyl/N-ethyl adjacent to an activating group) is 1. The van der Waals surface area contributed by atoms with E-state index in [0.717, 1.165) is 64.2 Å². The molecule has 1 saturated heterocycles. The van der Waals surface area contributed by atoms with Crippen LogP contribution in [0.2, 0.25) is 0 Å². The van der Waals surface area contributed by atoms with Gasteiger partial charge in [0.25, 0.3) is 7.82 Å². The van der Waals surface area contributed by atoms with Crippen molar-refractivity contribution in [1.29, 1.82) is 0 Å². The van der Waals surface area contributed by atoms with Crippen LogP contribution < -0.4 is 4.89 Å². The Balaban J connectivity index is 2.38. The van der Waals surface area contributed by atoms with Crippen LogP contribution in [-0.2, 0) is 37.4 Å². The molecule has 10 nitrogen and oxygen atoms in total. The quantitative estimate of drug-likeness (QED) is 0.0152. The Morgan fingerprint density at radius 1 is 0.649 bits per heavy atom. The molecule has 4 atom stereocenters. The van der Waals surface area contributed by atoms with Crippen LogP contribution in [0.1, 0.15) is 129 Å². The highest BCUT2D eigenvalue weighted by Gasteiger charge is 2.36. The summed E-state index contributed by atoms with van der Waals surface area (Å²) in [7, 11) is 1.08. The first-order valence-corrected chi connectivity index (χ1v) is 22.9. The van der Waals surface area contributed by atoms with E-state index in [1.807, 2.05) is 21.1 Å². The standard InChI is InChI=1S/C46H76NO9P/c1-6-8-10-12-14-16-17-18-19-20-21-23-25-27-33-37-46(49)55-42(41-54-57(50,51)53-39-38-47(3,4)5)40-52-45(48)36-32-29-28-31-35-44-43(56-44)34-30-26-24-22-15-13-11-9-7-2/h8,10,14-16,18-19,21-23,26,28,30-31,42-44H,6-7,9,11-13,17,20,24-25,27,29,32-41H2,1-5H3/b10-8-,16-14-,19-18-,22-15-,23-21-,30-26-,31-28-/t42-,43?,44?/m1/s1. The molecule has 0 aromatic carbocycles. The average Bonchev–Trinajstić information content (AvgIpc) is 3.92. The number of hydrogen-bond donors (Lipinski definition) is 0. The molecule has 0 saturated carbocycles. The van der Waals surface area contributed by atoms with Crippen LogP contribution in [0.25, 0.3) is 0 Å². The SMILES string of the molecule is CC/C=C\C/C=C\C/C=C\C/C=C\CCCCC(=O)O[C@H](COC(=O)CCC/C=C\CC1OC1C/C=C\C/C=C\CCCCC)COP(=O)([O-])OCC[N+](C)(C)C. The first kappa shape index (κ1) is 52.2. The molecule has 0 aliphatic carbocycles. The molecule has 0 amide bonds. The Kier molecular flexibility index (Phi) is 31.2. The summed E-state index contributed by atoms with van der Waals surface area (Å²) in [5.74, 6) is -0.968. The van der Waals surface area contributed by atoms with Gasteiger partial charge in [0.1, 0.15) is 19.8 Å². The largest absolute Gasteiger partial charge is 0.756 e. The summed E-state index contributed by atoms with van der Waals surface area (Å²) in [6.07, 6.45) is 45.0. The highest BCUT2D eigenvalue weighted by Crippen LogP contribution is 2.38. The van der Waals surface area contributed by atoms with Crippen LogP contribution in [0.15, 0.2) is 85.1 Å². The van der Waals surface area contributed by atoms with Crippen molar-refractivity contribution < 1.29 is 46.8 Å². The molecule has 0 spiro atoms. The number of esters is 2. The molecule has 1 fully saturated rings. The molecule has 0 aromatic rings. The van der Waals surface area contributed by atoms with E-state index in [4.69, 9.17) is 23.3 Å². The number of rotatable bonds is 36. The zero-order valence-electron chi connectivity index (χ0n) is 35.9. The van der Waals surface area contributed by atoms with Crippen molar-refractivity contribution in [3.63, 3.8) is 0 Å². The van der Waals surface area contributed by atoms with Crippen molar-refractivity contribution in [3.05, 3.63) is 85.1 Å². The van der Waals surface area contributed by atoms with Crippen LogP contribution in [0, 0.1) is 0 Å². The monoisotopic (exact) mass is 818 g/mol. The maximum atomic E-state index is 12.7. The van der Waals surface area contributed by atoms with Gasteiger partial charge in [0.2, 0.25) is 0 Å². The lowest BCUT2D eigenvalue weighted by molar-refractivity contribution is -0.870. The number of phosphoric acid groups is 1. The summed E-state index contributed by atoms with van der Waals surface area (Å²) in [6, 6.07) is 0. The summed E-state index contributed by atoms with van der Waals surface area (Å²) < 4.78 is 39.5. The number of allylic oxidation sites excluding steroid dienone is 12. The van der Waals surface area contributed by atoms with E-state index < -0.39 is 32.5 Å². The molecular formula is C46H76NO9P. The molecule has 0 N–H and O–H groups in total. The van der Waals surface area contributed by atoms with Crippen molar-refractivity contribution in [2.24, 2.45) is 0 Å². The van der Waals surface area contributed by atoms with Gasteiger partial charge in [-0.3, -0.25) is 14.2 Å². The maximum Gasteiger partial charge on any atom is 0.306 e. The molecule has 1 rings (SSSR count). The van der Waals surface area contributed by atoms with E-state index in [1.165, 1.54) is 19.3 Å². The van der Waals surface area contributed by atoms with E-state index in [0.29, 0.717) is 30.3 Å². The lowest BCUT2D eigenvalue weighted by Gasteiger charge is -2.28. The fourth-order valence-electron chi connectivity index (χ4n) is 5.32. The Hall–Kier alpha value is -2.85. The van der Waals surface area contributed by atoms with Crippen molar-refractivity contribution >= 4 is 19.8 Å². The first-order valence-electron chi connectivity index (χ1n) is 21.4. The van der Waals surface area contributed by atoms with Crippen LogP contribution in [0.5, 0.6) is 0 Å². The zero-order chi connectivity index (χ0) is 41.9. The Labute approximate surface area is 346 Å². The molecule has 1 heterocycles. The van der Waals surface area contributed by atoms with Gasteiger partial charge in [0, 0.05) is 12.8 Å². The van der Waals surface area contributed by atoms with Crippen LogP contribution in [0.4, 0.5) is 0 Å². The molecule has 0 aromatic heterocycles. The molecule has 0 bridgehead atoms. The number of carbonyl (C=O) groups excluding carboxylic acids is 2. The zero-order valence-corrected chi connectivity index (χ0v) is 36.8. The number of nitrogens with zero attached hydrogens (tertiary/aromatic N) is 1. The highest BCUT2D eigenvalue weighted by atomic mass is 31.2. The third kappa shape index (κ3) is 34.9. The van der Waals surface area contributed by atoms with Crippen LogP contribution >= 0.6 is 7.82 Å². The lowest BCUT2D eigenvalue weighted by atomic mass is 10.1. The van der Waals surface area contributed by atoms with E-state index in [-0.39, 0.29) is 38.3 Å². The lowest BCUT2D eigenvalue weighted by Crippen LogP contribution is -2.37. The fourth-order valence-corrected chi connectivity index (χ4v) is 6.05. The maximum absolute atomic E-state index is 12.7. The van der Waals surface area contributed by atoms with Crippen molar-refractivity contribution in [3.8, 4) is 0 Å². The van der Waals surface area contributed by atoms with Crippen molar-refractivity contribution in [2.45, 2.75) is 148 Å². The van der Waals surface area contributed by atoms with Crippen molar-refractivity contribution in [1.82, 2.24) is 0 Å². The second-order valence-electron chi connectivity index (χ2n) is 15.4. The fraction of sp³-hybridized carbons (Fsp3) is 0.652. The minimum absolute atomic E-state index is 0.0551. The minimum Gasteiger partial charge on any atom is -0.756 e. The number of ether oxygens (including phenoxy) is 3. The first-order chi connectivity index (χ1) is 27.5. The van der Waals surface area contributed by atoms with E-state index >= 15 is 0 Å². The Morgan fingerprint density at radius 3 is 1.75 bits per heavy atom. The van der Waals surface area contributed by atoms with Crippen molar-refractivity contribution in [2.75, 3.05) is 47.5 Å². The number of quaternary nitrogens is 1. The average molecular weight is 818 g/mol. The van der Waals surface area contributed by atoms with Gasteiger partial charge in [-0.05, 0) is 89.9 Å². The van der Waals surface area contributed by atoms with Gasteiger partial charge in [0.05, 0.1) is 40.0 Å². The third-order valence-corrected chi connectivity index (χ3v) is 9.77. The summed E-state index contributed by atoms with van der Waals surface area (Å²) in [5.41, 5.74) is 0. The summed E-state index contributed by atoms with van der Waals surface area (Å²) >= 11 is 0. The smallest absolute Gasteiger partial charge is 0.306 e. The van der Waals surface area contributed by atoms with E-state index in [1.54, 1.807) is 0 Å². The van der Waals surface area contributed by atoms with Gasteiger partial charge in [-0.1, -0.05) is 112 Å². The molecular weight excluding hydrogens is 741 g/mol. The van der Waals surface area contributed by atoms with E-state index in [9.17, 15) is 19.0 Å².